The Hall–Kier alpha value is -6.03. The fourth-order valence-electron chi connectivity index (χ4n) is 8.06. The maximum Gasteiger partial charge on any atom is 2.00 e. The molecular weight excluding hydrogens is 868 g/mol. The van der Waals surface area contributed by atoms with Gasteiger partial charge in [-0.2, -0.15) is 6.07 Å². The Morgan fingerprint density at radius 3 is 2.02 bits per heavy atom. The molecule has 3 heterocycles. The van der Waals surface area contributed by atoms with Gasteiger partial charge in [0.1, 0.15) is 5.82 Å². The molecule has 5 nitrogen and oxygen atoms in total. The summed E-state index contributed by atoms with van der Waals surface area (Å²) in [7, 11) is 0. The third-order valence-electron chi connectivity index (χ3n) is 10.7. The van der Waals surface area contributed by atoms with Crippen LogP contribution in [0.3, 0.4) is 0 Å². The molecule has 276 valence electrons. The molecule has 0 spiro atoms. The van der Waals surface area contributed by atoms with Crippen LogP contribution in [0.4, 0.5) is 0 Å². The molecule has 0 aliphatic rings. The van der Waals surface area contributed by atoms with Gasteiger partial charge in [0.2, 0.25) is 0 Å². The minimum absolute atomic E-state index is 0. The van der Waals surface area contributed by atoms with E-state index in [1.54, 1.807) is 0 Å². The zero-order valence-corrected chi connectivity index (χ0v) is 34.5. The van der Waals surface area contributed by atoms with E-state index in [4.69, 9.17) is 14.7 Å². The second kappa shape index (κ2) is 14.9. The van der Waals surface area contributed by atoms with Gasteiger partial charge in [0.15, 0.2) is 0 Å². The fraction of sp³-hybridized carbons (Fsp3) is 0.120. The molecule has 0 N–H and O–H groups in total. The van der Waals surface area contributed by atoms with Crippen molar-refractivity contribution in [2.45, 2.75) is 41.5 Å². The monoisotopic (exact) mass is 907 g/mol. The Labute approximate surface area is 342 Å². The molecule has 0 fully saturated rings. The largest absolute Gasteiger partial charge is 2.00 e. The quantitative estimate of drug-likeness (QED) is 0.150. The molecule has 0 amide bonds. The van der Waals surface area contributed by atoms with Crippen molar-refractivity contribution in [2.24, 2.45) is 0 Å². The van der Waals surface area contributed by atoms with Crippen molar-refractivity contribution in [1.82, 2.24) is 19.1 Å². The van der Waals surface area contributed by atoms with Crippen molar-refractivity contribution in [3.05, 3.63) is 179 Å². The zero-order valence-electron chi connectivity index (χ0n) is 32.2. The number of benzene rings is 6. The number of rotatable bonds is 7. The van der Waals surface area contributed by atoms with Crippen LogP contribution in [0.25, 0.3) is 67.0 Å². The van der Waals surface area contributed by atoms with Gasteiger partial charge in [-0.05, 0) is 110 Å². The van der Waals surface area contributed by atoms with E-state index in [0.717, 1.165) is 61.7 Å². The third-order valence-corrected chi connectivity index (χ3v) is 10.7. The van der Waals surface area contributed by atoms with E-state index in [9.17, 15) is 0 Å². The summed E-state index contributed by atoms with van der Waals surface area (Å²) in [4.78, 5) is 9.95. The number of aromatic nitrogens is 4. The standard InChI is InChI=1S/C50H40N4O.Pt/c1-31-14-12-15-32(2)49(31)53-36(6)35(5)52-50(53)39-18-13-19-41(28-39)55-42-22-23-44-43-20-10-11-21-45(43)54(46(44)30-42)47-29-38(24-25-51-47)48-33(3)26-40(27-34(48)4)37-16-8-7-9-17-37;/h7-27,29H,1-6H3;/q-2;+2. The van der Waals surface area contributed by atoms with Gasteiger partial charge in [-0.15, -0.1) is 41.3 Å². The number of ether oxygens (including phenoxy) is 1. The number of nitrogens with zero attached hydrogens (tertiary/aromatic N) is 4. The smallest absolute Gasteiger partial charge is 0.503 e. The Morgan fingerprint density at radius 2 is 1.25 bits per heavy atom. The van der Waals surface area contributed by atoms with Gasteiger partial charge in [-0.1, -0.05) is 90.4 Å². The molecule has 0 aliphatic heterocycles. The maximum atomic E-state index is 6.56. The van der Waals surface area contributed by atoms with Crippen LogP contribution in [-0.4, -0.2) is 19.1 Å². The number of hydrogen-bond donors (Lipinski definition) is 0. The topological polar surface area (TPSA) is 44.9 Å². The summed E-state index contributed by atoms with van der Waals surface area (Å²) in [5.41, 5.74) is 15.6. The van der Waals surface area contributed by atoms with Crippen LogP contribution in [0.5, 0.6) is 11.5 Å². The third kappa shape index (κ3) is 6.46. The maximum absolute atomic E-state index is 6.56. The van der Waals surface area contributed by atoms with Crippen LogP contribution >= 0.6 is 0 Å². The molecule has 6 aromatic carbocycles. The van der Waals surface area contributed by atoms with Crippen LogP contribution in [0, 0.1) is 53.7 Å². The molecule has 56 heavy (non-hydrogen) atoms. The molecule has 0 bridgehead atoms. The number of fused-ring (bicyclic) bond motifs is 3. The van der Waals surface area contributed by atoms with Crippen LogP contribution in [0.15, 0.2) is 134 Å². The van der Waals surface area contributed by atoms with Crippen LogP contribution in [0.2, 0.25) is 0 Å². The first-order valence-electron chi connectivity index (χ1n) is 18.7. The minimum atomic E-state index is 0. The second-order valence-corrected chi connectivity index (χ2v) is 14.4. The van der Waals surface area contributed by atoms with Crippen molar-refractivity contribution in [1.29, 1.82) is 0 Å². The Balaban J connectivity index is 0.00000441. The summed E-state index contributed by atoms with van der Waals surface area (Å²) in [5, 5.41) is 2.21. The predicted molar refractivity (Wildman–Crippen MR) is 225 cm³/mol. The zero-order chi connectivity index (χ0) is 37.8. The van der Waals surface area contributed by atoms with E-state index in [0.29, 0.717) is 11.5 Å². The first-order chi connectivity index (χ1) is 26.7. The van der Waals surface area contributed by atoms with Gasteiger partial charge < -0.3 is 13.9 Å². The average Bonchev–Trinajstić information content (AvgIpc) is 3.67. The van der Waals surface area contributed by atoms with E-state index < -0.39 is 0 Å². The van der Waals surface area contributed by atoms with Gasteiger partial charge in [0.05, 0.1) is 5.82 Å². The number of aryl methyl sites for hydroxylation is 5. The predicted octanol–water partition coefficient (Wildman–Crippen LogP) is 12.6. The van der Waals surface area contributed by atoms with Gasteiger partial charge in [0.25, 0.3) is 0 Å². The van der Waals surface area contributed by atoms with Crippen molar-refractivity contribution >= 4 is 21.8 Å². The Bertz CT molecular complexity index is 2880. The first kappa shape index (κ1) is 36.9. The summed E-state index contributed by atoms with van der Waals surface area (Å²) in [6.45, 7) is 12.9. The number of para-hydroxylation sites is 2. The summed E-state index contributed by atoms with van der Waals surface area (Å²) >= 11 is 0. The van der Waals surface area contributed by atoms with Gasteiger partial charge in [0, 0.05) is 40.3 Å². The van der Waals surface area contributed by atoms with Crippen molar-refractivity contribution < 1.29 is 25.8 Å². The number of pyridine rings is 1. The molecular formula is C50H40N4OPt. The fourth-order valence-corrected chi connectivity index (χ4v) is 8.06. The van der Waals surface area contributed by atoms with E-state index >= 15 is 0 Å². The molecule has 6 heteroatoms. The first-order valence-corrected chi connectivity index (χ1v) is 18.7. The minimum Gasteiger partial charge on any atom is -0.503 e. The normalized spacial score (nSPS) is 11.2. The van der Waals surface area contributed by atoms with Crippen LogP contribution < -0.4 is 4.74 Å². The Morgan fingerprint density at radius 1 is 0.554 bits per heavy atom. The molecule has 0 unspecified atom stereocenters. The molecule has 0 radical (unpaired) electrons. The number of hydrogen-bond acceptors (Lipinski definition) is 3. The van der Waals surface area contributed by atoms with E-state index in [2.05, 4.69) is 166 Å². The van der Waals surface area contributed by atoms with Crippen molar-refractivity contribution in [3.63, 3.8) is 0 Å². The van der Waals surface area contributed by atoms with E-state index in [1.165, 1.54) is 38.9 Å². The van der Waals surface area contributed by atoms with Crippen LogP contribution in [0.1, 0.15) is 33.6 Å². The van der Waals surface area contributed by atoms with Crippen molar-refractivity contribution in [2.75, 3.05) is 0 Å². The Kier molecular flexibility index (Phi) is 9.82. The van der Waals surface area contributed by atoms with E-state index in [1.807, 2.05) is 30.5 Å². The van der Waals surface area contributed by atoms with Crippen molar-refractivity contribution in [3.8, 4) is 56.6 Å². The molecule has 0 saturated heterocycles. The SMILES string of the molecule is Cc1cc(-c2ccccc2)cc(C)c1-c1ccnc(-n2c3[c-]c(Oc4[c-]c(-c5nc(C)c(C)n5-c5c(C)cccc5C)ccc4)ccc3c3ccccc32)c1.[Pt+2]. The summed E-state index contributed by atoms with van der Waals surface area (Å²) < 4.78 is 11.0. The second-order valence-electron chi connectivity index (χ2n) is 14.4. The molecule has 3 aromatic heterocycles. The molecule has 0 aliphatic carbocycles. The summed E-state index contributed by atoms with van der Waals surface area (Å²) in [6.07, 6.45) is 1.90. The number of imidazole rings is 1. The van der Waals surface area contributed by atoms with Gasteiger partial charge >= 0.3 is 21.1 Å². The van der Waals surface area contributed by atoms with Gasteiger partial charge in [-0.3, -0.25) is 4.98 Å². The summed E-state index contributed by atoms with van der Waals surface area (Å²) in [5.74, 6) is 2.84. The molecule has 0 atom stereocenters. The van der Waals surface area contributed by atoms with Crippen LogP contribution in [-0.2, 0) is 21.1 Å². The van der Waals surface area contributed by atoms with E-state index in [-0.39, 0.29) is 21.1 Å². The molecule has 9 rings (SSSR count). The summed E-state index contributed by atoms with van der Waals surface area (Å²) in [6, 6.07) is 51.4. The molecule has 9 aromatic rings. The van der Waals surface area contributed by atoms with Gasteiger partial charge in [-0.25, -0.2) is 4.98 Å². The molecule has 0 saturated carbocycles. The average molecular weight is 908 g/mol.